The highest BCUT2D eigenvalue weighted by atomic mass is 35.5. The summed E-state index contributed by atoms with van der Waals surface area (Å²) >= 11 is 5.63. The molecule has 0 bridgehead atoms. The number of halogens is 1. The van der Waals surface area contributed by atoms with Crippen LogP contribution in [0.5, 0.6) is 0 Å². The van der Waals surface area contributed by atoms with Crippen molar-refractivity contribution in [2.24, 2.45) is 0 Å². The quantitative estimate of drug-likeness (QED) is 0.491. The molecule has 0 aliphatic rings. The minimum absolute atomic E-state index is 0.133. The van der Waals surface area contributed by atoms with Gasteiger partial charge in [0.1, 0.15) is 5.56 Å². The summed E-state index contributed by atoms with van der Waals surface area (Å²) in [6.07, 6.45) is 0.752. The van der Waals surface area contributed by atoms with Crippen LogP contribution in [0.1, 0.15) is 23.7 Å². The Kier molecular flexibility index (Phi) is 5.92. The molecule has 0 aliphatic carbocycles. The summed E-state index contributed by atoms with van der Waals surface area (Å²) in [4.78, 5) is 33.1. The fourth-order valence-corrected chi connectivity index (χ4v) is 1.52. The Labute approximate surface area is 120 Å². The van der Waals surface area contributed by atoms with E-state index in [2.05, 4.69) is 5.32 Å². The van der Waals surface area contributed by atoms with Crippen molar-refractivity contribution >= 4 is 29.2 Å². The van der Waals surface area contributed by atoms with Crippen molar-refractivity contribution in [2.75, 3.05) is 13.2 Å². The molecule has 1 aromatic rings. The number of carbonyl (C=O) groups is 2. The Morgan fingerprint density at radius 1 is 1.45 bits per heavy atom. The molecule has 0 unspecified atom stereocenters. The lowest BCUT2D eigenvalue weighted by Gasteiger charge is -2.06. The average Bonchev–Trinajstić information content (AvgIpc) is 2.42. The van der Waals surface area contributed by atoms with Gasteiger partial charge in [-0.3, -0.25) is 14.9 Å². The fraction of sp³-hybridized carbons (Fsp3) is 0.333. The number of nitrogens with zero attached hydrogens (tertiary/aromatic N) is 1. The van der Waals surface area contributed by atoms with Crippen molar-refractivity contribution in [3.63, 3.8) is 0 Å². The predicted molar refractivity (Wildman–Crippen MR) is 71.7 cm³/mol. The van der Waals surface area contributed by atoms with Crippen LogP contribution < -0.4 is 5.32 Å². The van der Waals surface area contributed by atoms with Gasteiger partial charge in [-0.2, -0.15) is 0 Å². The molecule has 108 valence electrons. The number of nitro groups is 1. The molecule has 1 amide bonds. The molecule has 0 aromatic heterocycles. The van der Waals surface area contributed by atoms with Crippen molar-refractivity contribution in [1.82, 2.24) is 5.32 Å². The second kappa shape index (κ2) is 7.44. The normalized spacial score (nSPS) is 9.90. The number of nitrogens with one attached hydrogen (secondary N) is 1. The molecule has 20 heavy (non-hydrogen) atoms. The number of amides is 1. The Hall–Kier alpha value is -2.15. The van der Waals surface area contributed by atoms with Crippen molar-refractivity contribution in [3.8, 4) is 0 Å². The molecule has 1 N–H and O–H groups in total. The summed E-state index contributed by atoms with van der Waals surface area (Å²) in [5.41, 5.74) is -0.709. The lowest BCUT2D eigenvalue weighted by atomic mass is 10.2. The summed E-state index contributed by atoms with van der Waals surface area (Å²) in [5.74, 6) is -1.41. The minimum Gasteiger partial charge on any atom is -0.452 e. The van der Waals surface area contributed by atoms with Crippen LogP contribution in [0.2, 0.25) is 5.02 Å². The molecular weight excluding hydrogens is 288 g/mol. The highest BCUT2D eigenvalue weighted by molar-refractivity contribution is 6.31. The Morgan fingerprint density at radius 2 is 2.15 bits per heavy atom. The lowest BCUT2D eigenvalue weighted by Crippen LogP contribution is -2.29. The van der Waals surface area contributed by atoms with Gasteiger partial charge in [0.2, 0.25) is 0 Å². The third-order valence-electron chi connectivity index (χ3n) is 2.28. The largest absolute Gasteiger partial charge is 0.452 e. The highest BCUT2D eigenvalue weighted by Crippen LogP contribution is 2.23. The Bertz CT molecular complexity index is 533. The first kappa shape index (κ1) is 15.9. The fourth-order valence-electron chi connectivity index (χ4n) is 1.35. The van der Waals surface area contributed by atoms with E-state index in [-0.39, 0.29) is 10.6 Å². The van der Waals surface area contributed by atoms with Gasteiger partial charge in [0.05, 0.1) is 4.92 Å². The first-order chi connectivity index (χ1) is 9.45. The first-order valence-corrected chi connectivity index (χ1v) is 6.21. The van der Waals surface area contributed by atoms with E-state index in [1.54, 1.807) is 0 Å². The SMILES string of the molecule is CCCNC(=O)COC(=O)c1ccc(Cl)cc1[N+](=O)[O-]. The maximum Gasteiger partial charge on any atom is 0.345 e. The summed E-state index contributed by atoms with van der Waals surface area (Å²) in [6, 6.07) is 3.57. The van der Waals surface area contributed by atoms with Crippen LogP contribution in [0.15, 0.2) is 18.2 Å². The molecule has 0 heterocycles. The minimum atomic E-state index is -0.944. The van der Waals surface area contributed by atoms with Crippen LogP contribution in [0, 0.1) is 10.1 Å². The standard InChI is InChI=1S/C12H13ClN2O5/c1-2-5-14-11(16)7-20-12(17)9-4-3-8(13)6-10(9)15(18)19/h3-4,6H,2,5,7H2,1H3,(H,14,16). The Balaban J connectivity index is 2.73. The summed E-state index contributed by atoms with van der Waals surface area (Å²) in [5, 5.41) is 13.5. The third-order valence-corrected chi connectivity index (χ3v) is 2.52. The number of rotatable bonds is 6. The average molecular weight is 301 g/mol. The molecule has 0 atom stereocenters. The van der Waals surface area contributed by atoms with Gasteiger partial charge in [0.15, 0.2) is 6.61 Å². The molecule has 0 fully saturated rings. The second-order valence-corrected chi connectivity index (χ2v) is 4.28. The van der Waals surface area contributed by atoms with Crippen molar-refractivity contribution in [1.29, 1.82) is 0 Å². The lowest BCUT2D eigenvalue weighted by molar-refractivity contribution is -0.385. The molecule has 1 rings (SSSR count). The van der Waals surface area contributed by atoms with Crippen LogP contribution in [0.4, 0.5) is 5.69 Å². The topological polar surface area (TPSA) is 98.5 Å². The van der Waals surface area contributed by atoms with E-state index in [4.69, 9.17) is 16.3 Å². The molecule has 0 spiro atoms. The monoisotopic (exact) mass is 300 g/mol. The van der Waals surface area contributed by atoms with Crippen LogP contribution in [-0.2, 0) is 9.53 Å². The van der Waals surface area contributed by atoms with E-state index in [1.807, 2.05) is 6.92 Å². The number of hydrogen-bond acceptors (Lipinski definition) is 5. The smallest absolute Gasteiger partial charge is 0.345 e. The highest BCUT2D eigenvalue weighted by Gasteiger charge is 2.22. The second-order valence-electron chi connectivity index (χ2n) is 3.84. The zero-order valence-electron chi connectivity index (χ0n) is 10.7. The molecule has 8 heteroatoms. The maximum absolute atomic E-state index is 11.7. The third kappa shape index (κ3) is 4.51. The van der Waals surface area contributed by atoms with Gasteiger partial charge in [-0.1, -0.05) is 18.5 Å². The van der Waals surface area contributed by atoms with Gasteiger partial charge in [0, 0.05) is 17.6 Å². The van der Waals surface area contributed by atoms with Gasteiger partial charge < -0.3 is 10.1 Å². The summed E-state index contributed by atoms with van der Waals surface area (Å²) in [6.45, 7) is 1.86. The molecule has 0 saturated carbocycles. The number of hydrogen-bond donors (Lipinski definition) is 1. The number of carbonyl (C=O) groups excluding carboxylic acids is 2. The molecule has 1 aromatic carbocycles. The van der Waals surface area contributed by atoms with Gasteiger partial charge in [0.25, 0.3) is 11.6 Å². The Morgan fingerprint density at radius 3 is 2.75 bits per heavy atom. The molecule has 0 saturated heterocycles. The van der Waals surface area contributed by atoms with Crippen molar-refractivity contribution < 1.29 is 19.2 Å². The number of nitro benzene ring substituents is 1. The van der Waals surface area contributed by atoms with Gasteiger partial charge in [-0.25, -0.2) is 4.79 Å². The van der Waals surface area contributed by atoms with E-state index >= 15 is 0 Å². The van der Waals surface area contributed by atoms with E-state index in [0.29, 0.717) is 6.54 Å². The number of esters is 1. The number of benzene rings is 1. The first-order valence-electron chi connectivity index (χ1n) is 5.83. The molecule has 0 aliphatic heterocycles. The predicted octanol–water partition coefficient (Wildman–Crippen LogP) is 1.93. The van der Waals surface area contributed by atoms with Crippen LogP contribution in [0.3, 0.4) is 0 Å². The molecular formula is C12H13ClN2O5. The van der Waals surface area contributed by atoms with E-state index < -0.39 is 29.1 Å². The van der Waals surface area contributed by atoms with E-state index in [0.717, 1.165) is 12.5 Å². The molecule has 7 nitrogen and oxygen atoms in total. The summed E-state index contributed by atoms with van der Waals surface area (Å²) < 4.78 is 4.72. The zero-order chi connectivity index (χ0) is 15.1. The molecule has 0 radical (unpaired) electrons. The van der Waals surface area contributed by atoms with Gasteiger partial charge >= 0.3 is 5.97 Å². The van der Waals surface area contributed by atoms with Crippen LogP contribution >= 0.6 is 11.6 Å². The van der Waals surface area contributed by atoms with Crippen LogP contribution in [0.25, 0.3) is 0 Å². The summed E-state index contributed by atoms with van der Waals surface area (Å²) in [7, 11) is 0. The van der Waals surface area contributed by atoms with Crippen LogP contribution in [-0.4, -0.2) is 30.0 Å². The van der Waals surface area contributed by atoms with E-state index in [9.17, 15) is 19.7 Å². The van der Waals surface area contributed by atoms with E-state index in [1.165, 1.54) is 12.1 Å². The maximum atomic E-state index is 11.7. The number of ether oxygens (including phenoxy) is 1. The van der Waals surface area contributed by atoms with Crippen molar-refractivity contribution in [3.05, 3.63) is 38.9 Å². The van der Waals surface area contributed by atoms with Crippen molar-refractivity contribution in [2.45, 2.75) is 13.3 Å². The zero-order valence-corrected chi connectivity index (χ0v) is 11.5. The van der Waals surface area contributed by atoms with Gasteiger partial charge in [-0.05, 0) is 18.6 Å². The van der Waals surface area contributed by atoms with Gasteiger partial charge in [-0.15, -0.1) is 0 Å².